The van der Waals surface area contributed by atoms with Crippen LogP contribution >= 0.6 is 25.1 Å². The zero-order chi connectivity index (χ0) is 23.3. The van der Waals surface area contributed by atoms with E-state index in [-0.39, 0.29) is 42.7 Å². The Balaban J connectivity index is 0.00000274. The molecule has 0 saturated carbocycles. The van der Waals surface area contributed by atoms with E-state index in [2.05, 4.69) is 16.9 Å². The highest BCUT2D eigenvalue weighted by molar-refractivity contribution is 7.59. The summed E-state index contributed by atoms with van der Waals surface area (Å²) in [6.07, 6.45) is 3.97. The second-order valence-electron chi connectivity index (χ2n) is 8.08. The molecule has 0 bridgehead atoms. The van der Waals surface area contributed by atoms with E-state index in [0.717, 1.165) is 6.42 Å². The van der Waals surface area contributed by atoms with Crippen LogP contribution in [-0.4, -0.2) is 36.5 Å². The van der Waals surface area contributed by atoms with Gasteiger partial charge in [-0.2, -0.15) is 23.6 Å². The summed E-state index contributed by atoms with van der Waals surface area (Å²) in [6, 6.07) is 10.7. The minimum Gasteiger partial charge on any atom is -0.368 e. The van der Waals surface area contributed by atoms with E-state index in [1.165, 1.54) is 17.6 Å². The monoisotopic (exact) mass is 497 g/mol. The summed E-state index contributed by atoms with van der Waals surface area (Å²) in [5, 5.41) is 5.16. The van der Waals surface area contributed by atoms with Crippen molar-refractivity contribution >= 4 is 48.2 Å². The van der Waals surface area contributed by atoms with Crippen LogP contribution in [-0.2, 0) is 0 Å². The summed E-state index contributed by atoms with van der Waals surface area (Å²) in [6.45, 7) is 4.20. The van der Waals surface area contributed by atoms with Crippen LogP contribution in [0.15, 0.2) is 53.6 Å². The molecule has 9 nitrogen and oxygen atoms in total. The summed E-state index contributed by atoms with van der Waals surface area (Å²) in [7, 11) is 0. The van der Waals surface area contributed by atoms with Crippen LogP contribution in [0.1, 0.15) is 42.5 Å². The van der Waals surface area contributed by atoms with Crippen molar-refractivity contribution in [3.63, 3.8) is 0 Å². The molecule has 34 heavy (non-hydrogen) atoms. The Morgan fingerprint density at radius 3 is 2.65 bits per heavy atom. The minimum absolute atomic E-state index is 0. The Morgan fingerprint density at radius 1 is 1.24 bits per heavy atom. The molecule has 1 aliphatic heterocycles. The summed E-state index contributed by atoms with van der Waals surface area (Å²) in [5.41, 5.74) is 6.96. The van der Waals surface area contributed by atoms with Gasteiger partial charge in [0, 0.05) is 24.9 Å². The molecule has 0 spiro atoms. The molecule has 0 amide bonds. The number of anilines is 2. The molecule has 4 aromatic rings. The van der Waals surface area contributed by atoms with Gasteiger partial charge in [-0.15, -0.1) is 0 Å². The van der Waals surface area contributed by atoms with Crippen molar-refractivity contribution in [1.29, 1.82) is 0 Å². The van der Waals surface area contributed by atoms with Crippen LogP contribution in [0.4, 0.5) is 11.8 Å². The number of hydrogen-bond donors (Lipinski definition) is 1. The number of carbonyl (C=O) groups is 1. The fraction of sp³-hybridized carbons (Fsp3) is 0.261. The second-order valence-corrected chi connectivity index (χ2v) is 8.49. The lowest BCUT2D eigenvalue weighted by Gasteiger charge is -2.48. The number of carbonyl (C=O) groups excluding carboxylic acids is 1. The standard InChI is InChI=1S/C23H22ClN7O2.H2S/c1-3-14-12-29(20-16(13(2)32)11-26-23(25)27-20)18(14)21-28-30-10-9-17(24)19(30)22(33)31(21)15-7-5-4-6-8-15;/h4-11,14,18H,3,12H2,1-2H3,(H2,25,26,27);1H2/t14?,18-;/m0./s1. The predicted octanol–water partition coefficient (Wildman–Crippen LogP) is 3.41. The van der Waals surface area contributed by atoms with Gasteiger partial charge in [0.05, 0.1) is 22.3 Å². The number of rotatable bonds is 5. The van der Waals surface area contributed by atoms with Gasteiger partial charge < -0.3 is 10.6 Å². The smallest absolute Gasteiger partial charge is 0.284 e. The molecule has 3 aromatic heterocycles. The number of halogens is 1. The molecule has 1 aromatic carbocycles. The maximum absolute atomic E-state index is 13.6. The van der Waals surface area contributed by atoms with Crippen LogP contribution in [0.5, 0.6) is 0 Å². The zero-order valence-electron chi connectivity index (χ0n) is 18.6. The maximum Gasteiger partial charge on any atom is 0.284 e. The highest BCUT2D eigenvalue weighted by Crippen LogP contribution is 2.44. The minimum atomic E-state index is -0.305. The Morgan fingerprint density at radius 2 is 1.97 bits per heavy atom. The summed E-state index contributed by atoms with van der Waals surface area (Å²) in [4.78, 5) is 36.3. The molecule has 1 saturated heterocycles. The van der Waals surface area contributed by atoms with Crippen molar-refractivity contribution < 1.29 is 4.79 Å². The van der Waals surface area contributed by atoms with Gasteiger partial charge in [0.2, 0.25) is 5.95 Å². The van der Waals surface area contributed by atoms with E-state index in [4.69, 9.17) is 22.4 Å². The number of nitrogens with two attached hydrogens (primary N) is 1. The molecular weight excluding hydrogens is 474 g/mol. The third-order valence-electron chi connectivity index (χ3n) is 6.12. The van der Waals surface area contributed by atoms with Gasteiger partial charge in [-0.3, -0.25) is 14.2 Å². The van der Waals surface area contributed by atoms with E-state index in [1.807, 2.05) is 35.2 Å². The molecule has 176 valence electrons. The fourth-order valence-electron chi connectivity index (χ4n) is 4.42. The maximum atomic E-state index is 13.6. The molecule has 2 atom stereocenters. The number of para-hydroxylation sites is 1. The topological polar surface area (TPSA) is 111 Å². The molecule has 4 heterocycles. The highest BCUT2D eigenvalue weighted by atomic mass is 35.5. The highest BCUT2D eigenvalue weighted by Gasteiger charge is 2.44. The molecule has 11 heteroatoms. The molecule has 2 N–H and O–H groups in total. The third kappa shape index (κ3) is 3.72. The third-order valence-corrected chi connectivity index (χ3v) is 6.42. The molecule has 5 rings (SSSR count). The van der Waals surface area contributed by atoms with E-state index in [9.17, 15) is 9.59 Å². The van der Waals surface area contributed by atoms with Crippen LogP contribution in [0.3, 0.4) is 0 Å². The zero-order valence-corrected chi connectivity index (χ0v) is 20.4. The summed E-state index contributed by atoms with van der Waals surface area (Å²) < 4.78 is 3.11. The van der Waals surface area contributed by atoms with Gasteiger partial charge in [-0.05, 0) is 31.5 Å². The number of aromatic nitrogens is 5. The number of nitrogens with zero attached hydrogens (tertiary/aromatic N) is 6. The SMILES string of the molecule is CCC1CN(c2nc(N)ncc2C(C)=O)[C@@H]1c1nn2ccc(Cl)c2c(=O)n1-c1ccccc1.S. The lowest BCUT2D eigenvalue weighted by Crippen LogP contribution is -2.53. The normalized spacial score (nSPS) is 17.3. The lowest BCUT2D eigenvalue weighted by molar-refractivity contribution is 0.101. The van der Waals surface area contributed by atoms with Gasteiger partial charge in [0.15, 0.2) is 11.6 Å². The first kappa shape index (κ1) is 23.8. The molecular formula is C23H24ClN7O2S. The fourth-order valence-corrected chi connectivity index (χ4v) is 4.65. The van der Waals surface area contributed by atoms with Crippen LogP contribution < -0.4 is 16.2 Å². The van der Waals surface area contributed by atoms with Crippen LogP contribution in [0.2, 0.25) is 5.02 Å². The Hall–Kier alpha value is -3.37. The Labute approximate surface area is 207 Å². The molecule has 0 radical (unpaired) electrons. The van der Waals surface area contributed by atoms with Crippen molar-refractivity contribution in [1.82, 2.24) is 24.1 Å². The molecule has 1 aliphatic rings. The molecule has 0 aliphatic carbocycles. The Kier molecular flexibility index (Phi) is 6.37. The first-order valence-electron chi connectivity index (χ1n) is 10.7. The van der Waals surface area contributed by atoms with Gasteiger partial charge >= 0.3 is 0 Å². The van der Waals surface area contributed by atoms with Crippen molar-refractivity contribution in [3.8, 4) is 5.69 Å². The van der Waals surface area contributed by atoms with Crippen molar-refractivity contribution in [2.75, 3.05) is 17.2 Å². The molecule has 1 unspecified atom stereocenters. The number of fused-ring (bicyclic) bond motifs is 1. The number of ketones is 1. The van der Waals surface area contributed by atoms with Crippen LogP contribution in [0, 0.1) is 5.92 Å². The van der Waals surface area contributed by atoms with Gasteiger partial charge in [0.1, 0.15) is 11.3 Å². The van der Waals surface area contributed by atoms with E-state index in [1.54, 1.807) is 16.8 Å². The van der Waals surface area contributed by atoms with Gasteiger partial charge in [0.25, 0.3) is 5.56 Å². The number of nitrogen functional groups attached to an aromatic ring is 1. The first-order chi connectivity index (χ1) is 15.9. The number of benzene rings is 1. The Bertz CT molecular complexity index is 1440. The largest absolute Gasteiger partial charge is 0.368 e. The van der Waals surface area contributed by atoms with Crippen LogP contribution in [0.25, 0.3) is 11.2 Å². The molecule has 1 fully saturated rings. The van der Waals surface area contributed by atoms with E-state index < -0.39 is 0 Å². The predicted molar refractivity (Wildman–Crippen MR) is 136 cm³/mol. The summed E-state index contributed by atoms with van der Waals surface area (Å²) >= 11 is 6.32. The lowest BCUT2D eigenvalue weighted by atomic mass is 9.85. The van der Waals surface area contributed by atoms with Crippen molar-refractivity contribution in [3.05, 3.63) is 75.6 Å². The van der Waals surface area contributed by atoms with E-state index >= 15 is 0 Å². The number of hydrogen-bond acceptors (Lipinski definition) is 7. The van der Waals surface area contributed by atoms with Crippen molar-refractivity contribution in [2.45, 2.75) is 26.3 Å². The first-order valence-corrected chi connectivity index (χ1v) is 11.0. The number of Topliss-reactive ketones (excluding diaryl/α,β-unsaturated/α-hetero) is 1. The van der Waals surface area contributed by atoms with Crippen molar-refractivity contribution in [2.24, 2.45) is 5.92 Å². The van der Waals surface area contributed by atoms with Gasteiger partial charge in [-0.1, -0.05) is 36.7 Å². The summed E-state index contributed by atoms with van der Waals surface area (Å²) in [5.74, 6) is 1.09. The second kappa shape index (κ2) is 9.11. The average molecular weight is 498 g/mol. The quantitative estimate of drug-likeness (QED) is 0.420. The van der Waals surface area contributed by atoms with E-state index in [0.29, 0.717) is 40.0 Å². The average Bonchev–Trinajstić information content (AvgIpc) is 3.15. The van der Waals surface area contributed by atoms with Gasteiger partial charge in [-0.25, -0.2) is 9.50 Å².